The van der Waals surface area contributed by atoms with Gasteiger partial charge in [0.25, 0.3) is 0 Å². The van der Waals surface area contributed by atoms with E-state index in [0.717, 1.165) is 16.8 Å². The molecule has 13 heteroatoms. The quantitative estimate of drug-likeness (QED) is 0.278. The molecule has 44 heavy (non-hydrogen) atoms. The number of aromatic nitrogens is 2. The number of nitriles is 1. The van der Waals surface area contributed by atoms with Crippen molar-refractivity contribution in [3.8, 4) is 6.07 Å². The van der Waals surface area contributed by atoms with Crippen LogP contribution in [0.25, 0.3) is 11.0 Å². The van der Waals surface area contributed by atoms with Crippen molar-refractivity contribution >= 4 is 54.1 Å². The van der Waals surface area contributed by atoms with Crippen molar-refractivity contribution in [1.82, 2.24) is 13.9 Å². The van der Waals surface area contributed by atoms with Gasteiger partial charge in [0.05, 0.1) is 45.3 Å². The molecule has 10 nitrogen and oxygen atoms in total. The number of amides is 1. The number of hydrogen-bond acceptors (Lipinski definition) is 7. The standard InChI is InChI=1S/C31H30ClN5O5S2/c1-43(39,40)18-4-15-36-28-12-9-23(32)19-26(28)34-29(36)21-37-27-6-3-2-5-25(27)31(30(37)38)13-16-35(17-14-31)44(41,42)24-10-7-22(20-33)8-11-24/h2-3,5-12,19H,4,13-18,21H2,1H3. The number of imidazole rings is 1. The monoisotopic (exact) mass is 651 g/mol. The number of nitrogens with zero attached hydrogens (tertiary/aromatic N) is 5. The zero-order chi connectivity index (χ0) is 31.3. The van der Waals surface area contributed by atoms with Gasteiger partial charge in [-0.1, -0.05) is 29.8 Å². The zero-order valence-electron chi connectivity index (χ0n) is 24.0. The largest absolute Gasteiger partial charge is 0.326 e. The first-order valence-corrected chi connectivity index (χ1v) is 18.0. The van der Waals surface area contributed by atoms with Gasteiger partial charge in [0.15, 0.2) is 0 Å². The van der Waals surface area contributed by atoms with E-state index in [1.165, 1.54) is 34.8 Å². The number of fused-ring (bicyclic) bond motifs is 3. The molecule has 2 aliphatic heterocycles. The number of halogens is 1. The molecule has 1 amide bonds. The predicted molar refractivity (Wildman–Crippen MR) is 168 cm³/mol. The maximum Gasteiger partial charge on any atom is 0.243 e. The Morgan fingerprint density at radius 3 is 2.39 bits per heavy atom. The third-order valence-electron chi connectivity index (χ3n) is 8.55. The van der Waals surface area contributed by atoms with Gasteiger partial charge in [-0.05, 0) is 73.4 Å². The Hall–Kier alpha value is -3.76. The van der Waals surface area contributed by atoms with E-state index in [1.807, 2.05) is 41.0 Å². The van der Waals surface area contributed by atoms with Gasteiger partial charge in [-0.25, -0.2) is 21.8 Å². The molecule has 3 aromatic carbocycles. The van der Waals surface area contributed by atoms with Gasteiger partial charge in [0.2, 0.25) is 15.9 Å². The van der Waals surface area contributed by atoms with E-state index in [-0.39, 0.29) is 36.2 Å². The lowest BCUT2D eigenvalue weighted by Crippen LogP contribution is -2.50. The number of rotatable bonds is 8. The molecule has 0 atom stereocenters. The maximum atomic E-state index is 14.4. The van der Waals surface area contributed by atoms with E-state index in [4.69, 9.17) is 21.8 Å². The molecule has 2 aliphatic rings. The SMILES string of the molecule is CS(=O)(=O)CCCn1c(CN2C(=O)C3(CCN(S(=O)(=O)c4ccc(C#N)cc4)CC3)c3ccccc32)nc2cc(Cl)ccc21. The molecule has 1 aromatic heterocycles. The molecular weight excluding hydrogens is 622 g/mol. The van der Waals surface area contributed by atoms with Crippen LogP contribution in [0.3, 0.4) is 0 Å². The zero-order valence-corrected chi connectivity index (χ0v) is 26.4. The highest BCUT2D eigenvalue weighted by molar-refractivity contribution is 7.90. The number of benzene rings is 3. The summed E-state index contributed by atoms with van der Waals surface area (Å²) in [7, 11) is -6.96. The highest BCUT2D eigenvalue weighted by atomic mass is 35.5. The molecule has 1 spiro atoms. The van der Waals surface area contributed by atoms with Crippen LogP contribution in [0.4, 0.5) is 5.69 Å². The molecule has 3 heterocycles. The smallest absolute Gasteiger partial charge is 0.243 e. The second kappa shape index (κ2) is 11.3. The van der Waals surface area contributed by atoms with E-state index >= 15 is 0 Å². The summed E-state index contributed by atoms with van der Waals surface area (Å²) in [6, 6.07) is 20.8. The first-order chi connectivity index (χ1) is 20.9. The second-order valence-corrected chi connectivity index (χ2v) is 16.0. The summed E-state index contributed by atoms with van der Waals surface area (Å²) in [5, 5.41) is 9.59. The van der Waals surface area contributed by atoms with Crippen LogP contribution in [0.5, 0.6) is 0 Å². The fourth-order valence-electron chi connectivity index (χ4n) is 6.34. The van der Waals surface area contributed by atoms with E-state index in [9.17, 15) is 21.6 Å². The number of sulfonamides is 1. The lowest BCUT2D eigenvalue weighted by Gasteiger charge is -2.37. The van der Waals surface area contributed by atoms with Gasteiger partial charge >= 0.3 is 0 Å². The van der Waals surface area contributed by atoms with Gasteiger partial charge in [-0.3, -0.25) is 4.79 Å². The minimum atomic E-state index is -3.80. The molecule has 1 saturated heterocycles. The topological polar surface area (TPSA) is 133 Å². The van der Waals surface area contributed by atoms with Crippen molar-refractivity contribution in [3.63, 3.8) is 0 Å². The first-order valence-electron chi connectivity index (χ1n) is 14.2. The van der Waals surface area contributed by atoms with Crippen LogP contribution in [0.15, 0.2) is 71.6 Å². The van der Waals surface area contributed by atoms with Crippen LogP contribution < -0.4 is 4.90 Å². The van der Waals surface area contributed by atoms with Crippen LogP contribution in [0.2, 0.25) is 5.02 Å². The summed E-state index contributed by atoms with van der Waals surface area (Å²) < 4.78 is 53.8. The molecule has 0 saturated carbocycles. The minimum Gasteiger partial charge on any atom is -0.326 e. The lowest BCUT2D eigenvalue weighted by molar-refractivity contribution is -0.124. The van der Waals surface area contributed by atoms with Gasteiger partial charge in [0, 0.05) is 36.6 Å². The van der Waals surface area contributed by atoms with Crippen molar-refractivity contribution in [1.29, 1.82) is 5.26 Å². The van der Waals surface area contributed by atoms with E-state index in [0.29, 0.717) is 47.7 Å². The van der Waals surface area contributed by atoms with Crippen molar-refractivity contribution in [2.75, 3.05) is 30.0 Å². The Morgan fingerprint density at radius 1 is 1.00 bits per heavy atom. The molecule has 1 fully saturated rings. The van der Waals surface area contributed by atoms with Gasteiger partial charge in [-0.15, -0.1) is 0 Å². The summed E-state index contributed by atoms with van der Waals surface area (Å²) in [5.41, 5.74) is 2.57. The van der Waals surface area contributed by atoms with Crippen molar-refractivity contribution < 1.29 is 21.6 Å². The van der Waals surface area contributed by atoms with Crippen molar-refractivity contribution in [2.24, 2.45) is 0 Å². The third kappa shape index (κ3) is 5.38. The Bertz CT molecular complexity index is 2030. The number of piperidine rings is 1. The average molecular weight is 652 g/mol. The van der Waals surface area contributed by atoms with Gasteiger partial charge in [0.1, 0.15) is 15.7 Å². The predicted octanol–water partition coefficient (Wildman–Crippen LogP) is 4.27. The van der Waals surface area contributed by atoms with Crippen LogP contribution in [-0.4, -0.2) is 61.7 Å². The third-order valence-corrected chi connectivity index (χ3v) is 11.7. The summed E-state index contributed by atoms with van der Waals surface area (Å²) in [6.07, 6.45) is 2.22. The Labute approximate surface area is 261 Å². The van der Waals surface area contributed by atoms with Crippen LogP contribution in [0, 0.1) is 11.3 Å². The number of para-hydroxylation sites is 1. The van der Waals surface area contributed by atoms with E-state index < -0.39 is 25.3 Å². The summed E-state index contributed by atoms with van der Waals surface area (Å²) in [6.45, 7) is 0.894. The second-order valence-electron chi connectivity index (χ2n) is 11.3. The number of carbonyl (C=O) groups is 1. The number of hydrogen-bond donors (Lipinski definition) is 0. The molecule has 228 valence electrons. The highest BCUT2D eigenvalue weighted by Gasteiger charge is 2.53. The van der Waals surface area contributed by atoms with Crippen LogP contribution >= 0.6 is 11.6 Å². The normalized spacial score (nSPS) is 16.8. The first kappa shape index (κ1) is 30.3. The van der Waals surface area contributed by atoms with Crippen LogP contribution in [0.1, 0.15) is 36.2 Å². The Morgan fingerprint density at radius 2 is 1.70 bits per heavy atom. The fourth-order valence-corrected chi connectivity index (χ4v) is 8.61. The highest BCUT2D eigenvalue weighted by Crippen LogP contribution is 2.49. The lowest BCUT2D eigenvalue weighted by atomic mass is 9.74. The molecule has 6 rings (SSSR count). The van der Waals surface area contributed by atoms with E-state index in [1.54, 1.807) is 17.0 Å². The molecule has 4 aromatic rings. The number of sulfone groups is 1. The molecule has 0 bridgehead atoms. The van der Waals surface area contributed by atoms with Crippen LogP contribution in [-0.2, 0) is 43.2 Å². The van der Waals surface area contributed by atoms with Gasteiger partial charge < -0.3 is 9.47 Å². The average Bonchev–Trinajstić information content (AvgIpc) is 3.44. The fraction of sp³-hybridized carbons (Fsp3) is 0.323. The number of carbonyl (C=O) groups excluding carboxylic acids is 1. The maximum absolute atomic E-state index is 14.4. The summed E-state index contributed by atoms with van der Waals surface area (Å²) in [5.74, 6) is 0.523. The molecule has 0 aliphatic carbocycles. The number of aryl methyl sites for hydroxylation is 1. The Balaban J connectivity index is 1.29. The molecular formula is C31H30ClN5O5S2. The summed E-state index contributed by atoms with van der Waals surface area (Å²) in [4.78, 5) is 21.0. The molecule has 0 radical (unpaired) electrons. The van der Waals surface area contributed by atoms with Gasteiger partial charge in [-0.2, -0.15) is 9.57 Å². The molecule has 0 unspecified atom stereocenters. The van der Waals surface area contributed by atoms with E-state index in [2.05, 4.69) is 0 Å². The minimum absolute atomic E-state index is 0.0240. The number of anilines is 1. The Kier molecular flexibility index (Phi) is 7.78. The summed E-state index contributed by atoms with van der Waals surface area (Å²) >= 11 is 6.25. The van der Waals surface area contributed by atoms with Crippen molar-refractivity contribution in [2.45, 2.75) is 42.7 Å². The van der Waals surface area contributed by atoms with Crippen molar-refractivity contribution in [3.05, 3.63) is 88.7 Å². The molecule has 0 N–H and O–H groups in total.